The minimum atomic E-state index is -2.38. The smallest absolute Gasteiger partial charge is 0.229 e. The van der Waals surface area contributed by atoms with Gasteiger partial charge in [0.2, 0.25) is 5.95 Å². The first-order chi connectivity index (χ1) is 18.6. The quantitative estimate of drug-likeness (QED) is 0.367. The van der Waals surface area contributed by atoms with Crippen LogP contribution in [0, 0.1) is 11.6 Å². The second kappa shape index (κ2) is 9.83. The number of fused-ring (bicyclic) bond motifs is 1. The van der Waals surface area contributed by atoms with E-state index in [0.29, 0.717) is 36.3 Å². The number of benzene rings is 1. The maximum atomic E-state index is 15.1. The first kappa shape index (κ1) is 25.6. The van der Waals surface area contributed by atoms with Crippen LogP contribution in [0.2, 0.25) is 0 Å². The van der Waals surface area contributed by atoms with Crippen LogP contribution < -0.4 is 10.2 Å². The van der Waals surface area contributed by atoms with Gasteiger partial charge in [0.15, 0.2) is 23.1 Å². The van der Waals surface area contributed by atoms with Crippen LogP contribution in [0.3, 0.4) is 0 Å². The number of rotatable bonds is 6. The summed E-state index contributed by atoms with van der Waals surface area (Å²) in [6.07, 6.45) is 6.95. The Kier molecular flexibility index (Phi) is 6.46. The van der Waals surface area contributed by atoms with Gasteiger partial charge in [-0.3, -0.25) is 4.57 Å². The predicted octanol–water partition coefficient (Wildman–Crippen LogP) is 4.83. The molecule has 9 nitrogen and oxygen atoms in total. The molecule has 1 aliphatic heterocycles. The van der Waals surface area contributed by atoms with Crippen LogP contribution in [0.5, 0.6) is 0 Å². The summed E-state index contributed by atoms with van der Waals surface area (Å²) in [5.74, 6) is 0.317. The molecule has 4 heterocycles. The molecule has 12 heteroatoms. The first-order valence-electron chi connectivity index (χ1n) is 12.9. The third-order valence-corrected chi connectivity index (χ3v) is 7.55. The molecule has 1 aromatic carbocycles. The summed E-state index contributed by atoms with van der Waals surface area (Å²) < 4.78 is 48.6. The molecule has 0 atom stereocenters. The van der Waals surface area contributed by atoms with Crippen LogP contribution in [0.4, 0.5) is 31.9 Å². The largest absolute Gasteiger partial charge is 0.364 e. The van der Waals surface area contributed by atoms with Crippen LogP contribution in [-0.4, -0.2) is 74.4 Å². The highest BCUT2D eigenvalue weighted by atomic mass is 32.2. The maximum Gasteiger partial charge on any atom is 0.229 e. The van der Waals surface area contributed by atoms with E-state index >= 15 is 8.78 Å². The molecule has 2 aliphatic rings. The Morgan fingerprint density at radius 1 is 1.03 bits per heavy atom. The Bertz CT molecular complexity index is 1650. The molecule has 0 radical (unpaired) electrons. The highest BCUT2D eigenvalue weighted by Crippen LogP contribution is 2.43. The molecule has 0 amide bonds. The summed E-state index contributed by atoms with van der Waals surface area (Å²) >= 11 is 0. The Morgan fingerprint density at radius 2 is 1.74 bits per heavy atom. The van der Waals surface area contributed by atoms with Gasteiger partial charge < -0.3 is 15.1 Å². The van der Waals surface area contributed by atoms with E-state index in [1.165, 1.54) is 12.1 Å². The second-order valence-corrected chi connectivity index (χ2v) is 13.0. The van der Waals surface area contributed by atoms with Crippen LogP contribution in [0.25, 0.3) is 16.9 Å². The average Bonchev–Trinajstić information content (AvgIpc) is 3.64. The van der Waals surface area contributed by atoms with Crippen molar-refractivity contribution < 1.29 is 13.0 Å². The normalized spacial score (nSPS) is 16.6. The van der Waals surface area contributed by atoms with E-state index in [1.54, 1.807) is 29.7 Å². The number of likely N-dealkylation sites (N-methyl/N-ethyl adjacent to an activating group) is 1. The molecular weight excluding hydrogens is 522 g/mol. The van der Waals surface area contributed by atoms with Crippen molar-refractivity contribution in [3.8, 4) is 5.82 Å². The van der Waals surface area contributed by atoms with Gasteiger partial charge in [-0.25, -0.2) is 23.0 Å². The summed E-state index contributed by atoms with van der Waals surface area (Å²) in [7, 11) is -0.385. The number of nitrogens with zero attached hydrogens (tertiary/aromatic N) is 7. The molecule has 1 aliphatic carbocycles. The van der Waals surface area contributed by atoms with E-state index in [0.717, 1.165) is 37.0 Å². The first-order valence-corrected chi connectivity index (χ1v) is 15.2. The molecule has 3 aromatic heterocycles. The minimum Gasteiger partial charge on any atom is -0.364 e. The summed E-state index contributed by atoms with van der Waals surface area (Å²) in [4.78, 5) is 17.6. The van der Waals surface area contributed by atoms with Gasteiger partial charge in [-0.15, -0.1) is 0 Å². The van der Waals surface area contributed by atoms with Crippen LogP contribution in [0.1, 0.15) is 24.5 Å². The summed E-state index contributed by atoms with van der Waals surface area (Å²) in [5.41, 5.74) is 1.89. The molecule has 204 valence electrons. The van der Waals surface area contributed by atoms with Crippen molar-refractivity contribution in [2.75, 3.05) is 56.0 Å². The Morgan fingerprint density at radius 3 is 2.41 bits per heavy atom. The number of hydrogen-bond donors (Lipinski definition) is 1. The Balaban J connectivity index is 1.36. The predicted molar refractivity (Wildman–Crippen MR) is 150 cm³/mol. The van der Waals surface area contributed by atoms with Crippen molar-refractivity contribution >= 4 is 43.9 Å². The van der Waals surface area contributed by atoms with E-state index in [1.807, 2.05) is 23.7 Å². The fraction of sp³-hybridized carbons (Fsp3) is 0.370. The van der Waals surface area contributed by atoms with Crippen molar-refractivity contribution in [2.24, 2.45) is 4.36 Å². The molecule has 4 aromatic rings. The van der Waals surface area contributed by atoms with Crippen LogP contribution in [-0.2, 0) is 9.73 Å². The van der Waals surface area contributed by atoms with E-state index in [4.69, 9.17) is 4.98 Å². The zero-order chi connectivity index (χ0) is 27.3. The average molecular weight is 553 g/mol. The fourth-order valence-electron chi connectivity index (χ4n) is 4.90. The maximum absolute atomic E-state index is 15.1. The lowest BCUT2D eigenvalue weighted by atomic mass is 10.2. The van der Waals surface area contributed by atoms with Crippen molar-refractivity contribution in [3.05, 3.63) is 59.9 Å². The molecule has 2 fully saturated rings. The summed E-state index contributed by atoms with van der Waals surface area (Å²) in [5, 5.41) is 3.79. The van der Waals surface area contributed by atoms with Gasteiger partial charge >= 0.3 is 0 Å². The van der Waals surface area contributed by atoms with Crippen molar-refractivity contribution in [2.45, 2.75) is 18.8 Å². The molecule has 0 bridgehead atoms. The van der Waals surface area contributed by atoms with E-state index in [-0.39, 0.29) is 17.3 Å². The van der Waals surface area contributed by atoms with Gasteiger partial charge in [0.05, 0.1) is 0 Å². The SMILES string of the molecule is CN1CCN(c2c(F)cc(Nc3ncc4cc(C5CC5)n(-c5cccc(N=S(C)(C)=O)n5)c4n3)cc2F)CC1. The fourth-order valence-corrected chi connectivity index (χ4v) is 5.45. The van der Waals surface area contributed by atoms with Gasteiger partial charge in [0, 0.05) is 71.4 Å². The number of hydrogen-bond acceptors (Lipinski definition) is 8. The Hall–Kier alpha value is -3.64. The highest BCUT2D eigenvalue weighted by Gasteiger charge is 2.29. The lowest BCUT2D eigenvalue weighted by molar-refractivity contribution is 0.310. The highest BCUT2D eigenvalue weighted by molar-refractivity contribution is 7.92. The number of aromatic nitrogens is 4. The third-order valence-electron chi connectivity index (χ3n) is 6.92. The minimum absolute atomic E-state index is 0.00700. The van der Waals surface area contributed by atoms with Crippen molar-refractivity contribution in [1.29, 1.82) is 0 Å². The second-order valence-electron chi connectivity index (χ2n) is 10.5. The lowest BCUT2D eigenvalue weighted by Crippen LogP contribution is -2.45. The van der Waals surface area contributed by atoms with E-state index in [9.17, 15) is 4.21 Å². The van der Waals surface area contributed by atoms with Crippen molar-refractivity contribution in [3.63, 3.8) is 0 Å². The molecule has 0 unspecified atom stereocenters. The number of pyridine rings is 1. The topological polar surface area (TPSA) is 91.5 Å². The third kappa shape index (κ3) is 5.44. The number of piperazine rings is 1. The van der Waals surface area contributed by atoms with Crippen LogP contribution >= 0.6 is 0 Å². The molecular formula is C27H30F2N8OS. The van der Waals surface area contributed by atoms with Crippen LogP contribution in [0.15, 0.2) is 47.0 Å². The summed E-state index contributed by atoms with van der Waals surface area (Å²) in [6.45, 7) is 2.62. The van der Waals surface area contributed by atoms with Gasteiger partial charge in [-0.2, -0.15) is 9.35 Å². The van der Waals surface area contributed by atoms with E-state index < -0.39 is 21.4 Å². The number of halogens is 2. The van der Waals surface area contributed by atoms with E-state index in [2.05, 4.69) is 30.6 Å². The monoisotopic (exact) mass is 552 g/mol. The zero-order valence-electron chi connectivity index (χ0n) is 22.1. The summed E-state index contributed by atoms with van der Waals surface area (Å²) in [6, 6.07) is 10.00. The molecule has 1 N–H and O–H groups in total. The number of anilines is 3. The molecule has 1 saturated carbocycles. The van der Waals surface area contributed by atoms with Gasteiger partial charge in [-0.05, 0) is 56.1 Å². The molecule has 39 heavy (non-hydrogen) atoms. The molecule has 0 spiro atoms. The standard InChI is InChI=1S/C27H30F2N8OS/c1-35-9-11-36(12-10-35)25-20(28)14-19(15-21(25)29)31-27-30-16-18-13-22(17-7-8-17)37(26(18)33-27)24-6-4-5-23(32-24)34-39(2,3)38/h4-6,13-17H,7-12H2,1-3H3,(H,30,31,33). The van der Waals surface area contributed by atoms with Gasteiger partial charge in [-0.1, -0.05) is 6.07 Å². The van der Waals surface area contributed by atoms with Gasteiger partial charge in [0.1, 0.15) is 11.5 Å². The zero-order valence-corrected chi connectivity index (χ0v) is 22.9. The Labute approximate surface area is 226 Å². The lowest BCUT2D eigenvalue weighted by Gasteiger charge is -2.34. The van der Waals surface area contributed by atoms with Gasteiger partial charge in [0.25, 0.3) is 0 Å². The molecule has 1 saturated heterocycles. The van der Waals surface area contributed by atoms with Crippen molar-refractivity contribution in [1.82, 2.24) is 24.4 Å². The molecule has 6 rings (SSSR count). The number of nitrogens with one attached hydrogen (secondary N) is 1.